The largest absolute Gasteiger partial charge is 0.312 e. The van der Waals surface area contributed by atoms with Crippen molar-refractivity contribution in [2.45, 2.75) is 72.6 Å². The van der Waals surface area contributed by atoms with Gasteiger partial charge in [0.1, 0.15) is 0 Å². The molecular formula is C12H28ClN2P. The lowest BCUT2D eigenvalue weighted by Gasteiger charge is -2.35. The van der Waals surface area contributed by atoms with E-state index in [-0.39, 0.29) is 0 Å². The zero-order valence-electron chi connectivity index (χ0n) is 11.8. The van der Waals surface area contributed by atoms with Gasteiger partial charge in [-0.05, 0) is 34.6 Å². The SMILES string of the molecule is CC(C)NC(C)CP(Cl)N(C(C)C)C(C)C. The Bertz CT molecular complexity index is 178. The number of rotatable bonds is 7. The first kappa shape index (κ1) is 16.6. The number of hydrogen-bond donors (Lipinski definition) is 1. The van der Waals surface area contributed by atoms with Crippen molar-refractivity contribution in [2.24, 2.45) is 0 Å². The van der Waals surface area contributed by atoms with Crippen LogP contribution in [0.25, 0.3) is 0 Å². The van der Waals surface area contributed by atoms with E-state index in [1.807, 2.05) is 0 Å². The first-order chi connectivity index (χ1) is 7.25. The molecule has 16 heavy (non-hydrogen) atoms. The lowest BCUT2D eigenvalue weighted by Crippen LogP contribution is -2.38. The third-order valence-electron chi connectivity index (χ3n) is 2.35. The van der Waals surface area contributed by atoms with Gasteiger partial charge in [0.25, 0.3) is 0 Å². The highest BCUT2D eigenvalue weighted by Crippen LogP contribution is 2.48. The van der Waals surface area contributed by atoms with E-state index in [4.69, 9.17) is 11.2 Å². The van der Waals surface area contributed by atoms with E-state index in [0.29, 0.717) is 24.2 Å². The van der Waals surface area contributed by atoms with E-state index in [2.05, 4.69) is 58.5 Å². The van der Waals surface area contributed by atoms with Crippen molar-refractivity contribution in [3.8, 4) is 0 Å². The Morgan fingerprint density at radius 2 is 1.44 bits per heavy atom. The minimum Gasteiger partial charge on any atom is -0.312 e. The predicted octanol–water partition coefficient (Wildman–Crippen LogP) is 4.04. The van der Waals surface area contributed by atoms with Crippen molar-refractivity contribution in [1.29, 1.82) is 0 Å². The molecule has 0 amide bonds. The summed E-state index contributed by atoms with van der Waals surface area (Å²) in [6, 6.07) is 2.06. The number of hydrogen-bond acceptors (Lipinski definition) is 2. The summed E-state index contributed by atoms with van der Waals surface area (Å²) in [5.41, 5.74) is 0. The molecule has 0 heterocycles. The minimum absolute atomic E-state index is 0.489. The average Bonchev–Trinajstić information content (AvgIpc) is 1.98. The molecule has 2 atom stereocenters. The topological polar surface area (TPSA) is 15.3 Å². The van der Waals surface area contributed by atoms with Gasteiger partial charge in [0, 0.05) is 30.3 Å². The number of halogens is 1. The molecule has 0 bridgehead atoms. The van der Waals surface area contributed by atoms with Crippen LogP contribution in [0.3, 0.4) is 0 Å². The van der Waals surface area contributed by atoms with E-state index >= 15 is 0 Å². The number of nitrogens with zero attached hydrogens (tertiary/aromatic N) is 1. The van der Waals surface area contributed by atoms with Gasteiger partial charge in [0.15, 0.2) is 0 Å². The summed E-state index contributed by atoms with van der Waals surface area (Å²) in [5.74, 6) is 0. The molecule has 0 fully saturated rings. The molecule has 0 rings (SSSR count). The molecule has 0 saturated heterocycles. The van der Waals surface area contributed by atoms with Crippen molar-refractivity contribution >= 4 is 18.7 Å². The monoisotopic (exact) mass is 266 g/mol. The fraction of sp³-hybridized carbons (Fsp3) is 1.00. The molecule has 0 saturated carbocycles. The maximum atomic E-state index is 6.57. The quantitative estimate of drug-likeness (QED) is 0.700. The predicted molar refractivity (Wildman–Crippen MR) is 77.5 cm³/mol. The maximum Gasteiger partial charge on any atom is 0.0646 e. The summed E-state index contributed by atoms with van der Waals surface area (Å²) < 4.78 is 2.43. The second-order valence-corrected chi connectivity index (χ2v) is 7.98. The lowest BCUT2D eigenvalue weighted by molar-refractivity contribution is 0.325. The van der Waals surface area contributed by atoms with E-state index in [0.717, 1.165) is 6.16 Å². The van der Waals surface area contributed by atoms with Crippen LogP contribution in [0.5, 0.6) is 0 Å². The number of nitrogens with one attached hydrogen (secondary N) is 1. The van der Waals surface area contributed by atoms with Crippen molar-refractivity contribution in [1.82, 2.24) is 9.99 Å². The van der Waals surface area contributed by atoms with Gasteiger partial charge in [-0.15, -0.1) is 0 Å². The smallest absolute Gasteiger partial charge is 0.0646 e. The van der Waals surface area contributed by atoms with Crippen LogP contribution in [0.4, 0.5) is 0 Å². The lowest BCUT2D eigenvalue weighted by atomic mass is 10.3. The molecule has 0 spiro atoms. The molecule has 0 aromatic heterocycles. The van der Waals surface area contributed by atoms with Gasteiger partial charge < -0.3 is 5.32 Å². The highest BCUT2D eigenvalue weighted by Gasteiger charge is 2.23. The molecule has 0 aromatic carbocycles. The van der Waals surface area contributed by atoms with Crippen LogP contribution >= 0.6 is 18.7 Å². The zero-order chi connectivity index (χ0) is 12.9. The average molecular weight is 267 g/mol. The molecule has 0 aliphatic carbocycles. The Morgan fingerprint density at radius 1 is 1.00 bits per heavy atom. The van der Waals surface area contributed by atoms with Gasteiger partial charge in [-0.1, -0.05) is 25.1 Å². The normalized spacial score (nSPS) is 16.5. The third-order valence-corrected chi connectivity index (χ3v) is 5.56. The van der Waals surface area contributed by atoms with Gasteiger partial charge in [-0.3, -0.25) is 4.67 Å². The maximum absolute atomic E-state index is 6.57. The van der Waals surface area contributed by atoms with Gasteiger partial charge in [0.2, 0.25) is 0 Å². The van der Waals surface area contributed by atoms with Crippen molar-refractivity contribution in [3.63, 3.8) is 0 Å². The van der Waals surface area contributed by atoms with E-state index in [1.54, 1.807) is 0 Å². The van der Waals surface area contributed by atoms with E-state index < -0.39 is 7.43 Å². The summed E-state index contributed by atoms with van der Waals surface area (Å²) in [6.45, 7) is 15.5. The van der Waals surface area contributed by atoms with Crippen LogP contribution < -0.4 is 5.32 Å². The highest BCUT2D eigenvalue weighted by atomic mass is 35.7. The molecule has 1 N–H and O–H groups in total. The molecular weight excluding hydrogens is 239 g/mol. The van der Waals surface area contributed by atoms with Gasteiger partial charge in [-0.25, -0.2) is 0 Å². The van der Waals surface area contributed by atoms with E-state index in [1.165, 1.54) is 0 Å². The molecule has 0 radical (unpaired) electrons. The first-order valence-corrected chi connectivity index (χ1v) is 8.61. The van der Waals surface area contributed by atoms with Crippen LogP contribution in [0, 0.1) is 0 Å². The van der Waals surface area contributed by atoms with Crippen molar-refractivity contribution in [3.05, 3.63) is 0 Å². The Morgan fingerprint density at radius 3 is 1.75 bits per heavy atom. The van der Waals surface area contributed by atoms with Crippen LogP contribution in [0.15, 0.2) is 0 Å². The van der Waals surface area contributed by atoms with Crippen LogP contribution in [0.2, 0.25) is 0 Å². The Hall–Kier alpha value is 0.640. The molecule has 0 aliphatic heterocycles. The third kappa shape index (κ3) is 6.39. The van der Waals surface area contributed by atoms with Crippen LogP contribution in [0.1, 0.15) is 48.5 Å². The Labute approximate surface area is 108 Å². The van der Waals surface area contributed by atoms with Gasteiger partial charge >= 0.3 is 0 Å². The molecule has 2 unspecified atom stereocenters. The summed E-state index contributed by atoms with van der Waals surface area (Å²) in [6.07, 6.45) is 1.05. The Kier molecular flexibility index (Phi) is 8.18. The fourth-order valence-electron chi connectivity index (χ4n) is 2.04. The zero-order valence-corrected chi connectivity index (χ0v) is 13.4. The van der Waals surface area contributed by atoms with Crippen LogP contribution in [-0.4, -0.2) is 35.0 Å². The standard InChI is InChI=1S/C12H28ClN2P/c1-9(2)14-12(7)8-16(13)15(10(3)4)11(5)6/h9-12,14H,8H2,1-7H3. The summed E-state index contributed by atoms with van der Waals surface area (Å²) in [4.78, 5) is 0. The fourth-order valence-corrected chi connectivity index (χ4v) is 5.46. The second-order valence-electron chi connectivity index (χ2n) is 5.31. The minimum atomic E-state index is -0.550. The van der Waals surface area contributed by atoms with E-state index in [9.17, 15) is 0 Å². The molecule has 2 nitrogen and oxygen atoms in total. The summed E-state index contributed by atoms with van der Waals surface area (Å²) in [5, 5.41) is 3.51. The molecule has 0 aromatic rings. The van der Waals surface area contributed by atoms with Crippen molar-refractivity contribution in [2.75, 3.05) is 6.16 Å². The van der Waals surface area contributed by atoms with Gasteiger partial charge in [0.05, 0.1) is 7.43 Å². The summed E-state index contributed by atoms with van der Waals surface area (Å²) >= 11 is 6.57. The second kappa shape index (κ2) is 7.87. The highest BCUT2D eigenvalue weighted by molar-refractivity contribution is 7.82. The molecule has 98 valence electrons. The molecule has 4 heteroatoms. The van der Waals surface area contributed by atoms with Crippen LogP contribution in [-0.2, 0) is 0 Å². The van der Waals surface area contributed by atoms with Crippen molar-refractivity contribution < 1.29 is 0 Å². The summed E-state index contributed by atoms with van der Waals surface area (Å²) in [7, 11) is -0.550. The first-order valence-electron chi connectivity index (χ1n) is 6.23. The molecule has 0 aliphatic rings. The Balaban J connectivity index is 4.24. The van der Waals surface area contributed by atoms with Gasteiger partial charge in [-0.2, -0.15) is 0 Å².